The Morgan fingerprint density at radius 1 is 1.45 bits per heavy atom. The fourth-order valence-corrected chi connectivity index (χ4v) is 2.04. The highest BCUT2D eigenvalue weighted by Crippen LogP contribution is 2.14. The van der Waals surface area contributed by atoms with E-state index >= 15 is 0 Å². The van der Waals surface area contributed by atoms with Crippen molar-refractivity contribution in [2.24, 2.45) is 11.8 Å². The maximum atomic E-state index is 2.48. The predicted octanol–water partition coefficient (Wildman–Crippen LogP) is 2.16. The number of rotatable bonds is 2. The third kappa shape index (κ3) is 2.64. The predicted molar refractivity (Wildman–Crippen MR) is 49.3 cm³/mol. The van der Waals surface area contributed by atoms with Crippen LogP contribution in [0.4, 0.5) is 0 Å². The first-order valence-electron chi connectivity index (χ1n) is 4.81. The molecule has 0 saturated carbocycles. The van der Waals surface area contributed by atoms with Crippen molar-refractivity contribution in [3.05, 3.63) is 0 Å². The quantitative estimate of drug-likeness (QED) is 0.536. The van der Waals surface area contributed by atoms with Crippen LogP contribution in [0.3, 0.4) is 0 Å². The first-order valence-corrected chi connectivity index (χ1v) is 4.81. The van der Waals surface area contributed by atoms with E-state index in [-0.39, 0.29) is 0 Å². The first-order chi connectivity index (χ1) is 5.22. The Kier molecular flexibility index (Phi) is 3.10. The molecule has 1 heterocycles. The molecule has 0 unspecified atom stereocenters. The van der Waals surface area contributed by atoms with E-state index in [0.717, 1.165) is 11.8 Å². The zero-order chi connectivity index (χ0) is 8.27. The lowest BCUT2D eigenvalue weighted by Gasteiger charge is -2.18. The molecule has 1 nitrogen and oxygen atoms in total. The smallest absolute Gasteiger partial charge is 0.145 e. The third-order valence-corrected chi connectivity index (χ3v) is 2.30. The molecule has 64 valence electrons. The largest absolute Gasteiger partial charge is 0.239 e. The third-order valence-electron chi connectivity index (χ3n) is 2.30. The van der Waals surface area contributed by atoms with Gasteiger partial charge in [-0.15, -0.1) is 0 Å². The van der Waals surface area contributed by atoms with Gasteiger partial charge in [0.15, 0.2) is 0 Å². The second-order valence-corrected chi connectivity index (χ2v) is 3.96. The summed E-state index contributed by atoms with van der Waals surface area (Å²) < 4.78 is 2.48. The van der Waals surface area contributed by atoms with Crippen LogP contribution in [0.15, 0.2) is 0 Å². The van der Waals surface area contributed by atoms with Crippen molar-refractivity contribution in [1.82, 2.24) is 0 Å². The van der Waals surface area contributed by atoms with Crippen molar-refractivity contribution in [3.63, 3.8) is 0 Å². The summed E-state index contributed by atoms with van der Waals surface area (Å²) in [7, 11) is 0. The van der Waals surface area contributed by atoms with Gasteiger partial charge in [-0.2, -0.15) is 0 Å². The molecule has 0 aromatic heterocycles. The van der Waals surface area contributed by atoms with Gasteiger partial charge in [0, 0.05) is 18.3 Å². The van der Waals surface area contributed by atoms with Crippen LogP contribution in [0.1, 0.15) is 33.6 Å². The molecule has 1 aliphatic rings. The van der Waals surface area contributed by atoms with Gasteiger partial charge < -0.3 is 0 Å². The molecule has 0 spiro atoms. The van der Waals surface area contributed by atoms with Gasteiger partial charge in [-0.1, -0.05) is 20.8 Å². The van der Waals surface area contributed by atoms with Crippen LogP contribution in [-0.2, 0) is 0 Å². The zero-order valence-electron chi connectivity index (χ0n) is 8.01. The van der Waals surface area contributed by atoms with Crippen molar-refractivity contribution >= 4 is 6.21 Å². The van der Waals surface area contributed by atoms with E-state index in [1.54, 1.807) is 0 Å². The van der Waals surface area contributed by atoms with Crippen molar-refractivity contribution in [2.75, 3.05) is 13.1 Å². The molecular formula is C10H20N+. The van der Waals surface area contributed by atoms with E-state index < -0.39 is 0 Å². The fraction of sp³-hybridized carbons (Fsp3) is 0.900. The maximum absolute atomic E-state index is 2.48. The lowest BCUT2D eigenvalue weighted by atomic mass is 9.95. The van der Waals surface area contributed by atoms with Gasteiger partial charge in [0.2, 0.25) is 0 Å². The van der Waals surface area contributed by atoms with Crippen molar-refractivity contribution in [3.8, 4) is 0 Å². The van der Waals surface area contributed by atoms with Gasteiger partial charge in [-0.3, -0.25) is 0 Å². The SMILES string of the molecule is CCC[N+]1=C[C@H](C)C[C@@H](C)C1. The van der Waals surface area contributed by atoms with Crippen molar-refractivity contribution in [1.29, 1.82) is 0 Å². The van der Waals surface area contributed by atoms with Crippen molar-refractivity contribution < 1.29 is 4.58 Å². The van der Waals surface area contributed by atoms with Crippen LogP contribution in [-0.4, -0.2) is 23.9 Å². The Bertz CT molecular complexity index is 149. The summed E-state index contributed by atoms with van der Waals surface area (Å²) in [6.45, 7) is 9.44. The summed E-state index contributed by atoms with van der Waals surface area (Å²) in [5.74, 6) is 1.69. The molecular weight excluding hydrogens is 134 g/mol. The summed E-state index contributed by atoms with van der Waals surface area (Å²) in [6, 6.07) is 0. The molecule has 1 heteroatoms. The average Bonchev–Trinajstić information content (AvgIpc) is 1.85. The summed E-state index contributed by atoms with van der Waals surface area (Å²) in [5, 5.41) is 0. The minimum absolute atomic E-state index is 0.797. The van der Waals surface area contributed by atoms with Gasteiger partial charge in [0.05, 0.1) is 0 Å². The van der Waals surface area contributed by atoms with Crippen LogP contribution in [0, 0.1) is 11.8 Å². The second-order valence-electron chi connectivity index (χ2n) is 3.96. The fourth-order valence-electron chi connectivity index (χ4n) is 2.04. The van der Waals surface area contributed by atoms with Gasteiger partial charge in [0.25, 0.3) is 0 Å². The number of nitrogens with zero attached hydrogens (tertiary/aromatic N) is 1. The van der Waals surface area contributed by atoms with Crippen LogP contribution >= 0.6 is 0 Å². The van der Waals surface area contributed by atoms with E-state index in [9.17, 15) is 0 Å². The topological polar surface area (TPSA) is 3.01 Å². The van der Waals surface area contributed by atoms with E-state index in [4.69, 9.17) is 0 Å². The minimum atomic E-state index is 0.797. The highest BCUT2D eigenvalue weighted by Gasteiger charge is 2.20. The lowest BCUT2D eigenvalue weighted by Crippen LogP contribution is -2.29. The van der Waals surface area contributed by atoms with E-state index in [0.29, 0.717) is 0 Å². The van der Waals surface area contributed by atoms with E-state index in [1.807, 2.05) is 0 Å². The molecule has 0 amide bonds. The highest BCUT2D eigenvalue weighted by atomic mass is 15.0. The Morgan fingerprint density at radius 2 is 2.18 bits per heavy atom. The molecule has 0 fully saturated rings. The van der Waals surface area contributed by atoms with Crippen molar-refractivity contribution in [2.45, 2.75) is 33.6 Å². The van der Waals surface area contributed by atoms with Gasteiger partial charge in [-0.25, -0.2) is 4.58 Å². The molecule has 0 bridgehead atoms. The number of hydrogen-bond donors (Lipinski definition) is 0. The lowest BCUT2D eigenvalue weighted by molar-refractivity contribution is -0.537. The standard InChI is InChI=1S/C10H20N/c1-4-5-11-7-9(2)6-10(3)8-11/h7,9-10H,4-6,8H2,1-3H3/q+1/t9-,10-/m1/s1. The summed E-state index contributed by atoms with van der Waals surface area (Å²) in [4.78, 5) is 0. The average molecular weight is 154 g/mol. The Labute approximate surface area is 70.1 Å². The molecule has 1 aliphatic heterocycles. The molecule has 0 saturated heterocycles. The Hall–Kier alpha value is -0.330. The monoisotopic (exact) mass is 154 g/mol. The van der Waals surface area contributed by atoms with Crippen LogP contribution in [0.2, 0.25) is 0 Å². The highest BCUT2D eigenvalue weighted by molar-refractivity contribution is 5.55. The Balaban J connectivity index is 2.49. The molecule has 0 N–H and O–H groups in total. The first kappa shape index (κ1) is 8.76. The van der Waals surface area contributed by atoms with Crippen LogP contribution < -0.4 is 0 Å². The molecule has 2 atom stereocenters. The van der Waals surface area contributed by atoms with E-state index in [2.05, 4.69) is 31.6 Å². The minimum Gasteiger partial charge on any atom is -0.239 e. The van der Waals surface area contributed by atoms with Crippen LogP contribution in [0.5, 0.6) is 0 Å². The molecule has 0 radical (unpaired) electrons. The second kappa shape index (κ2) is 3.89. The Morgan fingerprint density at radius 3 is 2.73 bits per heavy atom. The number of hydrogen-bond acceptors (Lipinski definition) is 0. The normalized spacial score (nSPS) is 31.7. The zero-order valence-corrected chi connectivity index (χ0v) is 8.01. The summed E-state index contributed by atoms with van der Waals surface area (Å²) in [5.41, 5.74) is 0. The molecule has 0 aliphatic carbocycles. The molecule has 11 heavy (non-hydrogen) atoms. The van der Waals surface area contributed by atoms with Gasteiger partial charge >= 0.3 is 0 Å². The summed E-state index contributed by atoms with van der Waals surface area (Å²) in [6.07, 6.45) is 5.06. The van der Waals surface area contributed by atoms with Gasteiger partial charge in [0.1, 0.15) is 19.3 Å². The molecule has 0 aromatic rings. The van der Waals surface area contributed by atoms with Gasteiger partial charge in [-0.05, 0) is 6.42 Å². The summed E-state index contributed by atoms with van der Waals surface area (Å²) >= 11 is 0. The molecule has 1 rings (SSSR count). The molecule has 0 aromatic carbocycles. The van der Waals surface area contributed by atoms with Crippen LogP contribution in [0.25, 0.3) is 0 Å². The van der Waals surface area contributed by atoms with E-state index in [1.165, 1.54) is 25.9 Å². The maximum Gasteiger partial charge on any atom is 0.145 e.